The maximum Gasteiger partial charge on any atom is 0.153 e. The largest absolute Gasteiger partial charge is 0.309 e. The van der Waals surface area contributed by atoms with Crippen molar-refractivity contribution < 1.29 is 8.42 Å². The van der Waals surface area contributed by atoms with Gasteiger partial charge in [0.1, 0.15) is 0 Å². The van der Waals surface area contributed by atoms with Crippen molar-refractivity contribution in [2.75, 3.05) is 23.0 Å². The molecule has 0 amide bonds. The number of hydrogen-bond donors (Lipinski definition) is 1. The maximum atomic E-state index is 10.9. The molecule has 0 bridgehead atoms. The van der Waals surface area contributed by atoms with Gasteiger partial charge < -0.3 is 5.32 Å². The van der Waals surface area contributed by atoms with Gasteiger partial charge in [0.25, 0.3) is 0 Å². The first-order chi connectivity index (χ1) is 6.16. The lowest BCUT2D eigenvalue weighted by molar-refractivity contribution is 0.420. The van der Waals surface area contributed by atoms with Crippen LogP contribution in [0.25, 0.3) is 0 Å². The highest BCUT2D eigenvalue weighted by Crippen LogP contribution is 2.19. The number of rotatable bonds is 2. The predicted octanol–water partition coefficient (Wildman–Crippen LogP) is 0.269. The SMILES string of the molecule is O=S1(=O)CC(NC2CCSCC2)C1. The zero-order chi connectivity index (χ0) is 9.31. The highest BCUT2D eigenvalue weighted by Gasteiger charge is 2.34. The molecule has 0 aliphatic carbocycles. The van der Waals surface area contributed by atoms with E-state index in [1.165, 1.54) is 24.3 Å². The minimum Gasteiger partial charge on any atom is -0.309 e. The van der Waals surface area contributed by atoms with Gasteiger partial charge in [0.2, 0.25) is 0 Å². The first kappa shape index (κ1) is 9.80. The molecule has 2 rings (SSSR count). The van der Waals surface area contributed by atoms with Gasteiger partial charge in [-0.3, -0.25) is 0 Å². The Bertz CT molecular complexity index is 258. The van der Waals surface area contributed by atoms with Crippen molar-refractivity contribution in [1.82, 2.24) is 5.32 Å². The molecule has 0 unspecified atom stereocenters. The van der Waals surface area contributed by atoms with Crippen LogP contribution in [0, 0.1) is 0 Å². The standard InChI is InChI=1S/C8H15NO2S2/c10-13(11)5-8(6-13)9-7-1-3-12-4-2-7/h7-9H,1-6H2. The normalized spacial score (nSPS) is 29.8. The lowest BCUT2D eigenvalue weighted by atomic mass is 10.1. The first-order valence-electron chi connectivity index (χ1n) is 4.70. The van der Waals surface area contributed by atoms with Gasteiger partial charge in [-0.25, -0.2) is 8.42 Å². The molecule has 5 heteroatoms. The van der Waals surface area contributed by atoms with Crippen molar-refractivity contribution in [1.29, 1.82) is 0 Å². The fourth-order valence-corrected chi connectivity index (χ4v) is 4.29. The second kappa shape index (κ2) is 3.79. The molecule has 2 saturated heterocycles. The molecule has 13 heavy (non-hydrogen) atoms. The smallest absolute Gasteiger partial charge is 0.153 e. The molecule has 0 spiro atoms. The van der Waals surface area contributed by atoms with Crippen LogP contribution in [0.2, 0.25) is 0 Å². The summed E-state index contributed by atoms with van der Waals surface area (Å²) in [6, 6.07) is 0.819. The number of thioether (sulfide) groups is 1. The van der Waals surface area contributed by atoms with Crippen molar-refractivity contribution >= 4 is 21.6 Å². The molecule has 0 radical (unpaired) electrons. The fraction of sp³-hybridized carbons (Fsp3) is 1.00. The van der Waals surface area contributed by atoms with Gasteiger partial charge in [0, 0.05) is 12.1 Å². The molecule has 0 aromatic rings. The second-order valence-electron chi connectivity index (χ2n) is 3.83. The van der Waals surface area contributed by atoms with E-state index in [0.29, 0.717) is 17.5 Å². The highest BCUT2D eigenvalue weighted by molar-refractivity contribution is 7.99. The summed E-state index contributed by atoms with van der Waals surface area (Å²) in [6.07, 6.45) is 2.39. The molecule has 0 saturated carbocycles. The van der Waals surface area contributed by atoms with E-state index < -0.39 is 9.84 Å². The summed E-state index contributed by atoms with van der Waals surface area (Å²) in [5, 5.41) is 3.42. The predicted molar refractivity (Wildman–Crippen MR) is 55.9 cm³/mol. The Balaban J connectivity index is 1.73. The molecule has 0 aromatic heterocycles. The number of nitrogens with one attached hydrogen (secondary N) is 1. The molecular formula is C8H15NO2S2. The molecule has 0 aromatic carbocycles. The van der Waals surface area contributed by atoms with Gasteiger partial charge in [0.05, 0.1) is 11.5 Å². The zero-order valence-electron chi connectivity index (χ0n) is 7.53. The van der Waals surface area contributed by atoms with E-state index in [2.05, 4.69) is 5.32 Å². The Kier molecular flexibility index (Phi) is 2.86. The van der Waals surface area contributed by atoms with Gasteiger partial charge in [0.15, 0.2) is 9.84 Å². The summed E-state index contributed by atoms with van der Waals surface area (Å²) in [5.41, 5.74) is 0. The summed E-state index contributed by atoms with van der Waals surface area (Å²) in [7, 11) is -2.65. The molecule has 2 heterocycles. The summed E-state index contributed by atoms with van der Waals surface area (Å²) < 4.78 is 21.8. The molecule has 2 fully saturated rings. The third-order valence-electron chi connectivity index (χ3n) is 2.60. The number of sulfone groups is 1. The quantitative estimate of drug-likeness (QED) is 0.727. The van der Waals surface area contributed by atoms with Crippen LogP contribution in [-0.4, -0.2) is 43.5 Å². The average molecular weight is 221 g/mol. The summed E-state index contributed by atoms with van der Waals surface area (Å²) >= 11 is 1.99. The lowest BCUT2D eigenvalue weighted by Gasteiger charge is -2.32. The third kappa shape index (κ3) is 2.60. The van der Waals surface area contributed by atoms with Crippen molar-refractivity contribution in [3.63, 3.8) is 0 Å². The maximum absolute atomic E-state index is 10.9. The minimum atomic E-state index is -2.65. The van der Waals surface area contributed by atoms with Crippen LogP contribution >= 0.6 is 11.8 Å². The Morgan fingerprint density at radius 1 is 1.08 bits per heavy atom. The van der Waals surface area contributed by atoms with Crippen LogP contribution in [0.15, 0.2) is 0 Å². The summed E-state index contributed by atoms with van der Waals surface area (Å²) in [4.78, 5) is 0. The van der Waals surface area contributed by atoms with Crippen molar-refractivity contribution in [3.8, 4) is 0 Å². The van der Waals surface area contributed by atoms with E-state index in [1.807, 2.05) is 11.8 Å². The lowest BCUT2D eigenvalue weighted by Crippen LogP contribution is -2.54. The van der Waals surface area contributed by atoms with Crippen molar-refractivity contribution in [2.24, 2.45) is 0 Å². The third-order valence-corrected chi connectivity index (χ3v) is 5.47. The van der Waals surface area contributed by atoms with Crippen LogP contribution in [0.4, 0.5) is 0 Å². The van der Waals surface area contributed by atoms with E-state index in [-0.39, 0.29) is 6.04 Å². The van der Waals surface area contributed by atoms with Crippen LogP contribution < -0.4 is 5.32 Å². The fourth-order valence-electron chi connectivity index (χ4n) is 1.86. The van der Waals surface area contributed by atoms with E-state index in [9.17, 15) is 8.42 Å². The van der Waals surface area contributed by atoms with Gasteiger partial charge >= 0.3 is 0 Å². The van der Waals surface area contributed by atoms with Crippen LogP contribution in [0.1, 0.15) is 12.8 Å². The van der Waals surface area contributed by atoms with E-state index in [1.54, 1.807) is 0 Å². The Morgan fingerprint density at radius 2 is 1.69 bits per heavy atom. The molecule has 1 N–H and O–H groups in total. The second-order valence-corrected chi connectivity index (χ2v) is 7.21. The number of hydrogen-bond acceptors (Lipinski definition) is 4. The minimum absolute atomic E-state index is 0.248. The molecule has 0 atom stereocenters. The van der Waals surface area contributed by atoms with E-state index in [0.717, 1.165) is 0 Å². The molecule has 3 nitrogen and oxygen atoms in total. The molecule has 76 valence electrons. The Hall–Kier alpha value is 0.260. The first-order valence-corrected chi connectivity index (χ1v) is 7.67. The summed E-state index contributed by atoms with van der Waals surface area (Å²) in [6.45, 7) is 0. The van der Waals surface area contributed by atoms with Gasteiger partial charge in [-0.1, -0.05) is 0 Å². The molecule has 2 aliphatic heterocycles. The Morgan fingerprint density at radius 3 is 2.23 bits per heavy atom. The Labute approximate surface area is 83.6 Å². The molecule has 2 aliphatic rings. The van der Waals surface area contributed by atoms with Crippen LogP contribution in [0.3, 0.4) is 0 Å². The topological polar surface area (TPSA) is 46.2 Å². The van der Waals surface area contributed by atoms with E-state index >= 15 is 0 Å². The van der Waals surface area contributed by atoms with Gasteiger partial charge in [-0.2, -0.15) is 11.8 Å². The van der Waals surface area contributed by atoms with Crippen LogP contribution in [-0.2, 0) is 9.84 Å². The summed E-state index contributed by atoms with van der Waals surface area (Å²) in [5.74, 6) is 3.15. The van der Waals surface area contributed by atoms with Gasteiger partial charge in [-0.15, -0.1) is 0 Å². The van der Waals surface area contributed by atoms with Crippen LogP contribution in [0.5, 0.6) is 0 Å². The average Bonchev–Trinajstić information content (AvgIpc) is 2.03. The van der Waals surface area contributed by atoms with Crippen molar-refractivity contribution in [2.45, 2.75) is 24.9 Å². The highest BCUT2D eigenvalue weighted by atomic mass is 32.2. The van der Waals surface area contributed by atoms with Gasteiger partial charge in [-0.05, 0) is 24.3 Å². The molecular weight excluding hydrogens is 206 g/mol. The zero-order valence-corrected chi connectivity index (χ0v) is 9.16. The monoisotopic (exact) mass is 221 g/mol. The van der Waals surface area contributed by atoms with Crippen molar-refractivity contribution in [3.05, 3.63) is 0 Å². The van der Waals surface area contributed by atoms with E-state index in [4.69, 9.17) is 0 Å².